The van der Waals surface area contributed by atoms with E-state index < -0.39 is 5.92 Å². The van der Waals surface area contributed by atoms with Gasteiger partial charge in [0.15, 0.2) is 0 Å². The molecule has 1 aliphatic rings. The summed E-state index contributed by atoms with van der Waals surface area (Å²) in [5, 5.41) is 8.69. The Kier molecular flexibility index (Phi) is 8.26. The lowest BCUT2D eigenvalue weighted by molar-refractivity contribution is -0.163. The Morgan fingerprint density at radius 3 is 2.05 bits per heavy atom. The summed E-state index contributed by atoms with van der Waals surface area (Å²) in [5.41, 5.74) is 0. The fourth-order valence-electron chi connectivity index (χ4n) is 2.58. The molecule has 0 spiro atoms. The largest absolute Gasteiger partial charge is 0.465 e. The van der Waals surface area contributed by atoms with E-state index >= 15 is 0 Å². The molecule has 2 atom stereocenters. The molecule has 1 N–H and O–H groups in total. The zero-order valence-corrected chi connectivity index (χ0v) is 12.3. The molecule has 0 aromatic rings. The van der Waals surface area contributed by atoms with Gasteiger partial charge in [-0.25, -0.2) is 0 Å². The summed E-state index contributed by atoms with van der Waals surface area (Å²) in [6.45, 7) is 2.33. The number of esters is 2. The number of rotatable bonds is 8. The predicted octanol–water partition coefficient (Wildman–Crippen LogP) is 2.06. The van der Waals surface area contributed by atoms with Crippen molar-refractivity contribution in [3.63, 3.8) is 0 Å². The third-order valence-electron chi connectivity index (χ3n) is 3.70. The van der Waals surface area contributed by atoms with Crippen molar-refractivity contribution in [1.29, 1.82) is 0 Å². The highest BCUT2D eigenvalue weighted by atomic mass is 16.5. The molecule has 5 heteroatoms. The molecule has 116 valence electrons. The van der Waals surface area contributed by atoms with Crippen LogP contribution in [0.15, 0.2) is 0 Å². The number of hydrogen-bond donors (Lipinski definition) is 1. The minimum atomic E-state index is -0.408. The Labute approximate surface area is 120 Å². The van der Waals surface area contributed by atoms with E-state index in [0.29, 0.717) is 19.4 Å². The molecule has 0 aliphatic heterocycles. The van der Waals surface area contributed by atoms with Crippen LogP contribution in [0.4, 0.5) is 0 Å². The van der Waals surface area contributed by atoms with Crippen LogP contribution >= 0.6 is 0 Å². The standard InChI is InChI=1S/C15H26O5/c1-2-3-6-10-19-14(17)12-7-4-5-8-13(12)15(18)20-11-9-16/h12-13,16H,2-11H2,1H3. The molecule has 0 aromatic heterocycles. The molecule has 20 heavy (non-hydrogen) atoms. The Morgan fingerprint density at radius 2 is 1.55 bits per heavy atom. The molecular weight excluding hydrogens is 260 g/mol. The topological polar surface area (TPSA) is 72.8 Å². The average Bonchev–Trinajstić information content (AvgIpc) is 2.49. The summed E-state index contributed by atoms with van der Waals surface area (Å²) >= 11 is 0. The molecule has 1 saturated carbocycles. The van der Waals surface area contributed by atoms with Crippen molar-refractivity contribution in [2.45, 2.75) is 51.9 Å². The Balaban J connectivity index is 2.46. The van der Waals surface area contributed by atoms with Crippen molar-refractivity contribution in [2.75, 3.05) is 19.8 Å². The summed E-state index contributed by atoms with van der Waals surface area (Å²) in [5.74, 6) is -1.44. The average molecular weight is 286 g/mol. The number of unbranched alkanes of at least 4 members (excludes halogenated alkanes) is 2. The molecule has 0 amide bonds. The molecule has 0 aromatic carbocycles. The van der Waals surface area contributed by atoms with E-state index in [1.54, 1.807) is 0 Å². The summed E-state index contributed by atoms with van der Waals surface area (Å²) in [6.07, 6.45) is 6.22. The van der Waals surface area contributed by atoms with Crippen LogP contribution in [0.25, 0.3) is 0 Å². The van der Waals surface area contributed by atoms with Gasteiger partial charge in [-0.15, -0.1) is 0 Å². The zero-order valence-electron chi connectivity index (χ0n) is 12.3. The minimum absolute atomic E-state index is 0.00635. The molecule has 2 unspecified atom stereocenters. The highest BCUT2D eigenvalue weighted by Crippen LogP contribution is 2.32. The van der Waals surface area contributed by atoms with Gasteiger partial charge in [0.1, 0.15) is 6.61 Å². The van der Waals surface area contributed by atoms with Gasteiger partial charge in [0.2, 0.25) is 0 Å². The van der Waals surface area contributed by atoms with E-state index in [4.69, 9.17) is 14.6 Å². The van der Waals surface area contributed by atoms with Crippen LogP contribution in [0.5, 0.6) is 0 Å². The molecule has 0 bridgehead atoms. The van der Waals surface area contributed by atoms with Gasteiger partial charge in [-0.2, -0.15) is 0 Å². The van der Waals surface area contributed by atoms with E-state index in [-0.39, 0.29) is 31.1 Å². The lowest BCUT2D eigenvalue weighted by Crippen LogP contribution is -2.35. The van der Waals surface area contributed by atoms with E-state index in [0.717, 1.165) is 32.1 Å². The van der Waals surface area contributed by atoms with Crippen LogP contribution in [-0.2, 0) is 19.1 Å². The zero-order chi connectivity index (χ0) is 14.8. The smallest absolute Gasteiger partial charge is 0.309 e. The monoisotopic (exact) mass is 286 g/mol. The van der Waals surface area contributed by atoms with Crippen LogP contribution in [0, 0.1) is 11.8 Å². The number of aliphatic hydroxyl groups is 1. The van der Waals surface area contributed by atoms with Crippen LogP contribution in [0.3, 0.4) is 0 Å². The first-order valence-corrected chi connectivity index (χ1v) is 7.64. The van der Waals surface area contributed by atoms with Crippen LogP contribution < -0.4 is 0 Å². The Bertz CT molecular complexity index is 303. The molecule has 1 aliphatic carbocycles. The maximum Gasteiger partial charge on any atom is 0.309 e. The van der Waals surface area contributed by atoms with Crippen LogP contribution in [-0.4, -0.2) is 36.9 Å². The van der Waals surface area contributed by atoms with Crippen molar-refractivity contribution in [3.8, 4) is 0 Å². The van der Waals surface area contributed by atoms with Gasteiger partial charge in [-0.05, 0) is 19.3 Å². The molecule has 1 rings (SSSR count). The summed E-state index contributed by atoms with van der Waals surface area (Å²) < 4.78 is 10.2. The number of carbonyl (C=O) groups is 2. The molecule has 0 saturated heterocycles. The first-order valence-electron chi connectivity index (χ1n) is 7.64. The quantitative estimate of drug-likeness (QED) is 0.546. The minimum Gasteiger partial charge on any atom is -0.465 e. The van der Waals surface area contributed by atoms with Gasteiger partial charge < -0.3 is 14.6 Å². The molecule has 1 fully saturated rings. The highest BCUT2D eigenvalue weighted by Gasteiger charge is 2.37. The Morgan fingerprint density at radius 1 is 1.00 bits per heavy atom. The predicted molar refractivity (Wildman–Crippen MR) is 74.0 cm³/mol. The van der Waals surface area contributed by atoms with Gasteiger partial charge in [-0.3, -0.25) is 9.59 Å². The first-order chi connectivity index (χ1) is 9.70. The lowest BCUT2D eigenvalue weighted by Gasteiger charge is -2.28. The van der Waals surface area contributed by atoms with Gasteiger partial charge in [0.05, 0.1) is 25.0 Å². The number of aliphatic hydroxyl groups excluding tert-OH is 1. The summed E-state index contributed by atoms with van der Waals surface area (Å²) in [4.78, 5) is 24.0. The third-order valence-corrected chi connectivity index (χ3v) is 3.70. The third kappa shape index (κ3) is 5.49. The van der Waals surface area contributed by atoms with E-state index in [1.807, 2.05) is 0 Å². The Hall–Kier alpha value is -1.10. The molecule has 5 nitrogen and oxygen atoms in total. The highest BCUT2D eigenvalue weighted by molar-refractivity contribution is 5.82. The molecular formula is C15H26O5. The van der Waals surface area contributed by atoms with Gasteiger partial charge >= 0.3 is 11.9 Å². The van der Waals surface area contributed by atoms with Crippen molar-refractivity contribution in [3.05, 3.63) is 0 Å². The van der Waals surface area contributed by atoms with Crippen molar-refractivity contribution in [1.82, 2.24) is 0 Å². The second kappa shape index (κ2) is 9.75. The lowest BCUT2D eigenvalue weighted by atomic mass is 9.79. The summed E-state index contributed by atoms with van der Waals surface area (Å²) in [6, 6.07) is 0. The fourth-order valence-corrected chi connectivity index (χ4v) is 2.58. The SMILES string of the molecule is CCCCCOC(=O)C1CCCCC1C(=O)OCCO. The summed E-state index contributed by atoms with van der Waals surface area (Å²) in [7, 11) is 0. The van der Waals surface area contributed by atoms with Crippen molar-refractivity contribution >= 4 is 11.9 Å². The van der Waals surface area contributed by atoms with E-state index in [2.05, 4.69) is 6.92 Å². The van der Waals surface area contributed by atoms with E-state index in [9.17, 15) is 9.59 Å². The normalized spacial score (nSPS) is 22.3. The van der Waals surface area contributed by atoms with Crippen molar-refractivity contribution in [2.24, 2.45) is 11.8 Å². The van der Waals surface area contributed by atoms with Crippen LogP contribution in [0.1, 0.15) is 51.9 Å². The second-order valence-electron chi connectivity index (χ2n) is 5.26. The second-order valence-corrected chi connectivity index (χ2v) is 5.26. The van der Waals surface area contributed by atoms with Gasteiger partial charge in [-0.1, -0.05) is 32.6 Å². The first kappa shape index (κ1) is 17.0. The number of hydrogen-bond acceptors (Lipinski definition) is 5. The van der Waals surface area contributed by atoms with Crippen LogP contribution in [0.2, 0.25) is 0 Å². The molecule has 0 radical (unpaired) electrons. The van der Waals surface area contributed by atoms with Gasteiger partial charge in [0, 0.05) is 0 Å². The number of carbonyl (C=O) groups excluding carboxylic acids is 2. The number of ether oxygens (including phenoxy) is 2. The van der Waals surface area contributed by atoms with Gasteiger partial charge in [0.25, 0.3) is 0 Å². The van der Waals surface area contributed by atoms with Crippen molar-refractivity contribution < 1.29 is 24.2 Å². The maximum atomic E-state index is 12.1. The molecule has 0 heterocycles. The maximum absolute atomic E-state index is 12.1. The fraction of sp³-hybridized carbons (Fsp3) is 0.867. The van der Waals surface area contributed by atoms with E-state index in [1.165, 1.54) is 0 Å².